The summed E-state index contributed by atoms with van der Waals surface area (Å²) >= 11 is 0. The number of allylic oxidation sites excluding steroid dienone is 1. The van der Waals surface area contributed by atoms with Crippen LogP contribution in [0.1, 0.15) is 45.5 Å². The smallest absolute Gasteiger partial charge is 0.191 e. The zero-order valence-corrected chi connectivity index (χ0v) is 12.1. The van der Waals surface area contributed by atoms with Gasteiger partial charge in [0.25, 0.3) is 0 Å². The van der Waals surface area contributed by atoms with Gasteiger partial charge in [0, 0.05) is 12.6 Å². The Morgan fingerprint density at radius 1 is 1.47 bits per heavy atom. The molecule has 1 aromatic rings. The Labute approximate surface area is 114 Å². The van der Waals surface area contributed by atoms with Crippen LogP contribution in [-0.4, -0.2) is 51.2 Å². The number of hydrogen-bond acceptors (Lipinski definition) is 5. The average molecular weight is 264 g/mol. The number of H-pyrrole nitrogens is 1. The van der Waals surface area contributed by atoms with Crippen LogP contribution in [0.2, 0.25) is 0 Å². The Morgan fingerprint density at radius 2 is 2.21 bits per heavy atom. The van der Waals surface area contributed by atoms with Crippen LogP contribution in [0.3, 0.4) is 0 Å². The van der Waals surface area contributed by atoms with E-state index in [2.05, 4.69) is 57.7 Å². The summed E-state index contributed by atoms with van der Waals surface area (Å²) in [5, 5.41) is 17.7. The molecular weight excluding hydrogens is 240 g/mol. The molecule has 0 radical (unpaired) electrons. The Hall–Kier alpha value is -1.27. The SMILES string of the molecule is CC(C)=CCN1CCC(NC(C)c2nn[nH]n2)CC1. The largest absolute Gasteiger partial charge is 0.305 e. The highest BCUT2D eigenvalue weighted by atomic mass is 15.5. The molecule has 6 nitrogen and oxygen atoms in total. The highest BCUT2D eigenvalue weighted by molar-refractivity contribution is 4.96. The topological polar surface area (TPSA) is 69.7 Å². The number of hydrogen-bond donors (Lipinski definition) is 2. The molecule has 0 aromatic carbocycles. The predicted molar refractivity (Wildman–Crippen MR) is 74.6 cm³/mol. The van der Waals surface area contributed by atoms with Crippen LogP contribution in [0.25, 0.3) is 0 Å². The first-order valence-electron chi connectivity index (χ1n) is 7.00. The molecule has 19 heavy (non-hydrogen) atoms. The third-order valence-electron chi connectivity index (χ3n) is 3.58. The molecule has 6 heteroatoms. The van der Waals surface area contributed by atoms with Crippen molar-refractivity contribution in [1.82, 2.24) is 30.8 Å². The normalized spacial score (nSPS) is 19.3. The quantitative estimate of drug-likeness (QED) is 0.784. The van der Waals surface area contributed by atoms with E-state index in [4.69, 9.17) is 0 Å². The van der Waals surface area contributed by atoms with E-state index < -0.39 is 0 Å². The summed E-state index contributed by atoms with van der Waals surface area (Å²) in [5.74, 6) is 0.743. The van der Waals surface area contributed by atoms with E-state index in [0.717, 1.165) is 25.5 Å². The van der Waals surface area contributed by atoms with Gasteiger partial charge in [-0.15, -0.1) is 10.2 Å². The van der Waals surface area contributed by atoms with Gasteiger partial charge >= 0.3 is 0 Å². The summed E-state index contributed by atoms with van der Waals surface area (Å²) in [4.78, 5) is 2.50. The first kappa shape index (κ1) is 14.1. The molecule has 0 bridgehead atoms. The predicted octanol–water partition coefficient (Wildman–Crippen LogP) is 1.28. The first-order valence-corrected chi connectivity index (χ1v) is 7.00. The molecule has 0 saturated carbocycles. The van der Waals surface area contributed by atoms with Crippen molar-refractivity contribution in [3.8, 4) is 0 Å². The minimum atomic E-state index is 0.160. The fourth-order valence-electron chi connectivity index (χ4n) is 2.37. The fourth-order valence-corrected chi connectivity index (χ4v) is 2.37. The van der Waals surface area contributed by atoms with Crippen molar-refractivity contribution in [3.63, 3.8) is 0 Å². The highest BCUT2D eigenvalue weighted by Crippen LogP contribution is 2.14. The summed E-state index contributed by atoms with van der Waals surface area (Å²) in [6.45, 7) is 9.78. The molecule has 0 amide bonds. The van der Waals surface area contributed by atoms with Crippen molar-refractivity contribution in [2.45, 2.75) is 45.7 Å². The standard InChI is InChI=1S/C13H24N6/c1-10(2)4-7-19-8-5-12(6-9-19)14-11(3)13-15-17-18-16-13/h4,11-12,14H,5-9H2,1-3H3,(H,15,16,17,18). The molecule has 1 saturated heterocycles. The molecule has 1 aromatic heterocycles. The van der Waals surface area contributed by atoms with Gasteiger partial charge < -0.3 is 5.32 Å². The second kappa shape index (κ2) is 6.77. The van der Waals surface area contributed by atoms with Gasteiger partial charge in [-0.1, -0.05) is 16.9 Å². The van der Waals surface area contributed by atoms with Gasteiger partial charge in [-0.3, -0.25) is 4.90 Å². The van der Waals surface area contributed by atoms with Gasteiger partial charge in [0.15, 0.2) is 5.82 Å². The van der Waals surface area contributed by atoms with E-state index in [9.17, 15) is 0 Å². The molecule has 1 fully saturated rings. The van der Waals surface area contributed by atoms with E-state index in [-0.39, 0.29) is 6.04 Å². The number of nitrogens with zero attached hydrogens (tertiary/aromatic N) is 4. The number of tetrazole rings is 1. The third-order valence-corrected chi connectivity index (χ3v) is 3.58. The molecule has 0 aliphatic carbocycles. The summed E-state index contributed by atoms with van der Waals surface area (Å²) < 4.78 is 0. The molecule has 106 valence electrons. The molecule has 1 aliphatic heterocycles. The number of aromatic nitrogens is 4. The molecule has 2 heterocycles. The number of nitrogens with one attached hydrogen (secondary N) is 2. The fraction of sp³-hybridized carbons (Fsp3) is 0.769. The minimum absolute atomic E-state index is 0.160. The zero-order chi connectivity index (χ0) is 13.7. The van der Waals surface area contributed by atoms with E-state index in [0.29, 0.717) is 6.04 Å². The van der Waals surface area contributed by atoms with Crippen LogP contribution < -0.4 is 5.32 Å². The minimum Gasteiger partial charge on any atom is -0.305 e. The van der Waals surface area contributed by atoms with Crippen molar-refractivity contribution >= 4 is 0 Å². The number of likely N-dealkylation sites (tertiary alicyclic amines) is 1. The van der Waals surface area contributed by atoms with Gasteiger partial charge in [-0.25, -0.2) is 0 Å². The lowest BCUT2D eigenvalue weighted by Gasteiger charge is -2.32. The van der Waals surface area contributed by atoms with Crippen molar-refractivity contribution < 1.29 is 0 Å². The average Bonchev–Trinajstić information content (AvgIpc) is 2.92. The number of aromatic amines is 1. The van der Waals surface area contributed by atoms with Crippen molar-refractivity contribution in [3.05, 3.63) is 17.5 Å². The summed E-state index contributed by atoms with van der Waals surface area (Å²) in [5.41, 5.74) is 1.39. The Kier molecular flexibility index (Phi) is 5.04. The molecule has 2 N–H and O–H groups in total. The monoisotopic (exact) mass is 264 g/mol. The lowest BCUT2D eigenvalue weighted by molar-refractivity contribution is 0.207. The van der Waals surface area contributed by atoms with Crippen LogP contribution in [0, 0.1) is 0 Å². The highest BCUT2D eigenvalue weighted by Gasteiger charge is 2.21. The van der Waals surface area contributed by atoms with Crippen molar-refractivity contribution in [1.29, 1.82) is 0 Å². The second-order valence-electron chi connectivity index (χ2n) is 5.51. The summed E-state index contributed by atoms with van der Waals surface area (Å²) in [7, 11) is 0. The van der Waals surface area contributed by atoms with Gasteiger partial charge in [0.1, 0.15) is 0 Å². The van der Waals surface area contributed by atoms with Crippen LogP contribution in [0.15, 0.2) is 11.6 Å². The van der Waals surface area contributed by atoms with E-state index >= 15 is 0 Å². The first-order chi connectivity index (χ1) is 9.15. The van der Waals surface area contributed by atoms with Crippen molar-refractivity contribution in [2.24, 2.45) is 0 Å². The van der Waals surface area contributed by atoms with E-state index in [1.54, 1.807) is 0 Å². The second-order valence-corrected chi connectivity index (χ2v) is 5.51. The maximum atomic E-state index is 4.02. The third kappa shape index (κ3) is 4.40. The van der Waals surface area contributed by atoms with Crippen LogP contribution in [0.4, 0.5) is 0 Å². The van der Waals surface area contributed by atoms with Crippen LogP contribution in [-0.2, 0) is 0 Å². The van der Waals surface area contributed by atoms with Gasteiger partial charge in [-0.05, 0) is 46.7 Å². The maximum absolute atomic E-state index is 4.02. The van der Waals surface area contributed by atoms with Crippen LogP contribution >= 0.6 is 0 Å². The van der Waals surface area contributed by atoms with E-state index in [1.165, 1.54) is 18.4 Å². The Balaban J connectivity index is 1.73. The number of piperidine rings is 1. The lowest BCUT2D eigenvalue weighted by atomic mass is 10.0. The molecule has 1 atom stereocenters. The zero-order valence-electron chi connectivity index (χ0n) is 12.1. The van der Waals surface area contributed by atoms with Gasteiger partial charge in [-0.2, -0.15) is 5.21 Å². The summed E-state index contributed by atoms with van der Waals surface area (Å²) in [6.07, 6.45) is 4.66. The molecule has 1 unspecified atom stereocenters. The molecule has 1 aliphatic rings. The van der Waals surface area contributed by atoms with E-state index in [1.807, 2.05) is 0 Å². The molecular formula is C13H24N6. The van der Waals surface area contributed by atoms with Crippen LogP contribution in [0.5, 0.6) is 0 Å². The lowest BCUT2D eigenvalue weighted by Crippen LogP contribution is -2.43. The Morgan fingerprint density at radius 3 is 2.79 bits per heavy atom. The Bertz CT molecular complexity index is 387. The number of rotatable bonds is 5. The maximum Gasteiger partial charge on any atom is 0.191 e. The van der Waals surface area contributed by atoms with Gasteiger partial charge in [0.2, 0.25) is 0 Å². The van der Waals surface area contributed by atoms with Gasteiger partial charge in [0.05, 0.1) is 6.04 Å². The van der Waals surface area contributed by atoms with Crippen molar-refractivity contribution in [2.75, 3.05) is 19.6 Å². The molecule has 2 rings (SSSR count). The molecule has 0 spiro atoms. The summed E-state index contributed by atoms with van der Waals surface area (Å²) in [6, 6.07) is 0.713.